The molecule has 2 nitrogen and oxygen atoms in total. The van der Waals surface area contributed by atoms with Gasteiger partial charge >= 0.3 is 6.18 Å². The molecule has 1 N–H and O–H groups in total. The highest BCUT2D eigenvalue weighted by molar-refractivity contribution is 5.36. The minimum atomic E-state index is -4.16. The number of rotatable bonds is 2. The van der Waals surface area contributed by atoms with Gasteiger partial charge in [-0.15, -0.1) is 0 Å². The molecule has 1 rings (SSSR count). The molecule has 72 valence electrons. The van der Waals surface area contributed by atoms with Crippen molar-refractivity contribution in [1.82, 2.24) is 4.98 Å². The molecule has 1 heterocycles. The third-order valence-electron chi connectivity index (χ3n) is 1.49. The second kappa shape index (κ2) is 3.64. The number of hydrogen-bond donors (Lipinski definition) is 1. The minimum Gasteiger partial charge on any atom is -0.373 e. The van der Waals surface area contributed by atoms with Crippen molar-refractivity contribution in [2.45, 2.75) is 12.6 Å². The average molecular weight is 190 g/mol. The Morgan fingerprint density at radius 3 is 2.69 bits per heavy atom. The Hall–Kier alpha value is -1.26. The van der Waals surface area contributed by atoms with Crippen molar-refractivity contribution in [3.05, 3.63) is 23.9 Å². The van der Waals surface area contributed by atoms with Crippen molar-refractivity contribution in [3.63, 3.8) is 0 Å². The summed E-state index contributed by atoms with van der Waals surface area (Å²) in [4.78, 5) is 3.81. The predicted molar refractivity (Wildman–Crippen MR) is 43.5 cm³/mol. The van der Waals surface area contributed by atoms with Crippen molar-refractivity contribution in [3.8, 4) is 0 Å². The van der Waals surface area contributed by atoms with Crippen molar-refractivity contribution in [1.29, 1.82) is 0 Å². The number of pyridine rings is 1. The molecule has 0 aliphatic carbocycles. The van der Waals surface area contributed by atoms with Gasteiger partial charge in [0.25, 0.3) is 0 Å². The standard InChI is InChI=1S/C8H9F3N2/c1-12-7-4-6(2-3-13-7)5-8(9,10)11/h2-4H,5H2,1H3,(H,12,13). The quantitative estimate of drug-likeness (QED) is 0.773. The monoisotopic (exact) mass is 190 g/mol. The molecule has 0 aliphatic rings. The van der Waals surface area contributed by atoms with Gasteiger partial charge < -0.3 is 5.32 Å². The van der Waals surface area contributed by atoms with E-state index in [1.54, 1.807) is 7.05 Å². The van der Waals surface area contributed by atoms with E-state index < -0.39 is 12.6 Å². The summed E-state index contributed by atoms with van der Waals surface area (Å²) in [6.07, 6.45) is -3.72. The number of anilines is 1. The van der Waals surface area contributed by atoms with Crippen LogP contribution in [-0.2, 0) is 6.42 Å². The van der Waals surface area contributed by atoms with E-state index in [1.807, 2.05) is 0 Å². The zero-order chi connectivity index (χ0) is 9.90. The van der Waals surface area contributed by atoms with Gasteiger partial charge in [0.2, 0.25) is 0 Å². The largest absolute Gasteiger partial charge is 0.393 e. The molecule has 5 heteroatoms. The Morgan fingerprint density at radius 2 is 2.15 bits per heavy atom. The summed E-state index contributed by atoms with van der Waals surface area (Å²) in [5.41, 5.74) is 0.215. The number of nitrogens with one attached hydrogen (secondary N) is 1. The molecule has 1 aromatic heterocycles. The van der Waals surface area contributed by atoms with E-state index >= 15 is 0 Å². The van der Waals surface area contributed by atoms with Crippen LogP contribution in [-0.4, -0.2) is 18.2 Å². The number of aromatic nitrogens is 1. The second-order valence-electron chi connectivity index (χ2n) is 2.59. The minimum absolute atomic E-state index is 0.215. The van der Waals surface area contributed by atoms with Crippen LogP contribution in [0.2, 0.25) is 0 Å². The molecule has 0 saturated carbocycles. The van der Waals surface area contributed by atoms with Gasteiger partial charge in [-0.2, -0.15) is 13.2 Å². The maximum atomic E-state index is 11.9. The van der Waals surface area contributed by atoms with E-state index in [0.29, 0.717) is 5.82 Å². The van der Waals surface area contributed by atoms with Crippen LogP contribution in [0.25, 0.3) is 0 Å². The van der Waals surface area contributed by atoms with E-state index in [4.69, 9.17) is 0 Å². The first-order chi connectivity index (χ1) is 6.01. The molecule has 0 spiro atoms. The van der Waals surface area contributed by atoms with Crippen molar-refractivity contribution < 1.29 is 13.2 Å². The van der Waals surface area contributed by atoms with Gasteiger partial charge in [-0.1, -0.05) is 0 Å². The molecule has 13 heavy (non-hydrogen) atoms. The maximum Gasteiger partial charge on any atom is 0.393 e. The van der Waals surface area contributed by atoms with E-state index in [0.717, 1.165) is 0 Å². The zero-order valence-corrected chi connectivity index (χ0v) is 7.02. The number of halogens is 3. The fourth-order valence-electron chi connectivity index (χ4n) is 0.952. The lowest BCUT2D eigenvalue weighted by molar-refractivity contribution is -0.127. The molecule has 0 radical (unpaired) electrons. The first-order valence-electron chi connectivity index (χ1n) is 3.71. The number of nitrogens with zero attached hydrogens (tertiary/aromatic N) is 1. The summed E-state index contributed by atoms with van der Waals surface area (Å²) in [5.74, 6) is 0.446. The van der Waals surface area contributed by atoms with Crippen molar-refractivity contribution in [2.75, 3.05) is 12.4 Å². The van der Waals surface area contributed by atoms with Gasteiger partial charge in [0.1, 0.15) is 5.82 Å². The van der Waals surface area contributed by atoms with Gasteiger partial charge in [0.05, 0.1) is 6.42 Å². The Labute approximate surface area is 73.8 Å². The molecule has 0 saturated heterocycles. The van der Waals surface area contributed by atoms with Crippen LogP contribution in [0.15, 0.2) is 18.3 Å². The van der Waals surface area contributed by atoms with Crippen LogP contribution >= 0.6 is 0 Å². The SMILES string of the molecule is CNc1cc(CC(F)(F)F)ccn1. The van der Waals surface area contributed by atoms with Crippen molar-refractivity contribution in [2.24, 2.45) is 0 Å². The third kappa shape index (κ3) is 3.31. The fourth-order valence-corrected chi connectivity index (χ4v) is 0.952. The van der Waals surface area contributed by atoms with Crippen LogP contribution in [0.5, 0.6) is 0 Å². The summed E-state index contributed by atoms with van der Waals surface area (Å²) in [5, 5.41) is 2.67. The smallest absolute Gasteiger partial charge is 0.373 e. The highest BCUT2D eigenvalue weighted by Gasteiger charge is 2.27. The number of hydrogen-bond acceptors (Lipinski definition) is 2. The predicted octanol–water partition coefficient (Wildman–Crippen LogP) is 2.23. The molecular weight excluding hydrogens is 181 g/mol. The van der Waals surface area contributed by atoms with Gasteiger partial charge in [0.15, 0.2) is 0 Å². The molecule has 0 atom stereocenters. The molecule has 1 aromatic rings. The molecule has 0 unspecified atom stereocenters. The van der Waals surface area contributed by atoms with E-state index in [9.17, 15) is 13.2 Å². The Balaban J connectivity index is 2.78. The van der Waals surface area contributed by atoms with Gasteiger partial charge in [-0.25, -0.2) is 4.98 Å². The topological polar surface area (TPSA) is 24.9 Å². The Bertz CT molecular complexity index is 283. The van der Waals surface area contributed by atoms with E-state index in [-0.39, 0.29) is 5.56 Å². The molecule has 0 aliphatic heterocycles. The molecule has 0 bridgehead atoms. The second-order valence-corrected chi connectivity index (χ2v) is 2.59. The summed E-state index contributed by atoms with van der Waals surface area (Å²) < 4.78 is 35.8. The van der Waals surface area contributed by atoms with E-state index in [1.165, 1.54) is 18.3 Å². The zero-order valence-electron chi connectivity index (χ0n) is 7.02. The molecule has 0 aromatic carbocycles. The highest BCUT2D eigenvalue weighted by atomic mass is 19.4. The molecular formula is C8H9F3N2. The maximum absolute atomic E-state index is 11.9. The number of alkyl halides is 3. The Kier molecular flexibility index (Phi) is 2.75. The molecule has 0 amide bonds. The lowest BCUT2D eigenvalue weighted by atomic mass is 10.2. The highest BCUT2D eigenvalue weighted by Crippen LogP contribution is 2.21. The van der Waals surface area contributed by atoms with Crippen LogP contribution in [0.1, 0.15) is 5.56 Å². The summed E-state index contributed by atoms with van der Waals surface area (Å²) in [6, 6.07) is 2.74. The summed E-state index contributed by atoms with van der Waals surface area (Å²) in [6.45, 7) is 0. The third-order valence-corrected chi connectivity index (χ3v) is 1.49. The lowest BCUT2D eigenvalue weighted by Gasteiger charge is -2.06. The van der Waals surface area contributed by atoms with Crippen molar-refractivity contribution >= 4 is 5.82 Å². The lowest BCUT2D eigenvalue weighted by Crippen LogP contribution is -2.11. The normalized spacial score (nSPS) is 11.4. The van der Waals surface area contributed by atoms with Crippen LogP contribution in [0, 0.1) is 0 Å². The summed E-state index contributed by atoms with van der Waals surface area (Å²) in [7, 11) is 1.61. The first-order valence-corrected chi connectivity index (χ1v) is 3.71. The fraction of sp³-hybridized carbons (Fsp3) is 0.375. The van der Waals surface area contributed by atoms with Crippen LogP contribution < -0.4 is 5.32 Å². The van der Waals surface area contributed by atoms with E-state index in [2.05, 4.69) is 10.3 Å². The van der Waals surface area contributed by atoms with Crippen LogP contribution in [0.4, 0.5) is 19.0 Å². The first kappa shape index (κ1) is 9.83. The van der Waals surface area contributed by atoms with Gasteiger partial charge in [0, 0.05) is 13.2 Å². The van der Waals surface area contributed by atoms with Gasteiger partial charge in [-0.05, 0) is 17.7 Å². The molecule has 0 fully saturated rings. The Morgan fingerprint density at radius 1 is 1.46 bits per heavy atom. The van der Waals surface area contributed by atoms with Gasteiger partial charge in [-0.3, -0.25) is 0 Å². The average Bonchev–Trinajstić information content (AvgIpc) is 2.01. The van der Waals surface area contributed by atoms with Crippen LogP contribution in [0.3, 0.4) is 0 Å². The summed E-state index contributed by atoms with van der Waals surface area (Å²) >= 11 is 0.